The third-order valence-corrected chi connectivity index (χ3v) is 2.78. The molecule has 0 heterocycles. The normalized spacial score (nSPS) is 14.6. The molecule has 0 aromatic heterocycles. The van der Waals surface area contributed by atoms with Crippen LogP contribution in [-0.2, 0) is 11.2 Å². The Kier molecular flexibility index (Phi) is 4.50. The SMILES string of the molecule is CC(O)C(C)c1ccc(CCC=O)cc1. The molecule has 2 atom stereocenters. The van der Waals surface area contributed by atoms with Gasteiger partial charge in [0.25, 0.3) is 0 Å². The summed E-state index contributed by atoms with van der Waals surface area (Å²) in [4.78, 5) is 10.2. The average Bonchev–Trinajstić information content (AvgIpc) is 2.26. The number of aryl methyl sites for hydroxylation is 1. The highest BCUT2D eigenvalue weighted by molar-refractivity contribution is 5.50. The summed E-state index contributed by atoms with van der Waals surface area (Å²) in [5, 5.41) is 9.44. The van der Waals surface area contributed by atoms with Crippen molar-refractivity contribution in [2.75, 3.05) is 0 Å². The molecule has 1 rings (SSSR count). The smallest absolute Gasteiger partial charge is 0.120 e. The zero-order chi connectivity index (χ0) is 11.3. The van der Waals surface area contributed by atoms with Crippen molar-refractivity contribution in [2.24, 2.45) is 0 Å². The van der Waals surface area contributed by atoms with Crippen LogP contribution in [-0.4, -0.2) is 17.5 Å². The first-order chi connectivity index (χ1) is 7.15. The molecule has 2 heteroatoms. The summed E-state index contributed by atoms with van der Waals surface area (Å²) in [7, 11) is 0. The van der Waals surface area contributed by atoms with Crippen molar-refractivity contribution >= 4 is 6.29 Å². The van der Waals surface area contributed by atoms with Gasteiger partial charge in [0.15, 0.2) is 0 Å². The summed E-state index contributed by atoms with van der Waals surface area (Å²) in [6, 6.07) is 8.10. The van der Waals surface area contributed by atoms with Crippen molar-refractivity contribution < 1.29 is 9.90 Å². The second-order valence-electron chi connectivity index (χ2n) is 3.98. The first kappa shape index (κ1) is 11.9. The van der Waals surface area contributed by atoms with Gasteiger partial charge in [0.05, 0.1) is 6.10 Å². The molecule has 0 aliphatic rings. The Morgan fingerprint density at radius 3 is 2.33 bits per heavy atom. The van der Waals surface area contributed by atoms with E-state index < -0.39 is 0 Å². The number of aliphatic hydroxyl groups excluding tert-OH is 1. The van der Waals surface area contributed by atoms with Crippen molar-refractivity contribution in [3.63, 3.8) is 0 Å². The number of hydrogen-bond acceptors (Lipinski definition) is 2. The predicted molar refractivity (Wildman–Crippen MR) is 60.9 cm³/mol. The lowest BCUT2D eigenvalue weighted by atomic mass is 9.95. The van der Waals surface area contributed by atoms with Crippen LogP contribution >= 0.6 is 0 Å². The van der Waals surface area contributed by atoms with Crippen LogP contribution in [0, 0.1) is 0 Å². The Morgan fingerprint density at radius 2 is 1.87 bits per heavy atom. The van der Waals surface area contributed by atoms with Crippen LogP contribution in [0.1, 0.15) is 37.3 Å². The zero-order valence-corrected chi connectivity index (χ0v) is 9.31. The van der Waals surface area contributed by atoms with Crippen LogP contribution < -0.4 is 0 Å². The van der Waals surface area contributed by atoms with Crippen molar-refractivity contribution in [2.45, 2.75) is 38.7 Å². The standard InChI is InChI=1S/C13H18O2/c1-10(11(2)15)13-7-5-12(6-8-13)4-3-9-14/h5-11,15H,3-4H2,1-2H3. The van der Waals surface area contributed by atoms with E-state index in [-0.39, 0.29) is 12.0 Å². The molecule has 0 aliphatic carbocycles. The summed E-state index contributed by atoms with van der Waals surface area (Å²) >= 11 is 0. The van der Waals surface area contributed by atoms with Crippen LogP contribution in [0.5, 0.6) is 0 Å². The van der Waals surface area contributed by atoms with Gasteiger partial charge in [-0.3, -0.25) is 0 Å². The van der Waals surface area contributed by atoms with Crippen LogP contribution in [0.25, 0.3) is 0 Å². The van der Waals surface area contributed by atoms with Crippen molar-refractivity contribution in [3.05, 3.63) is 35.4 Å². The van der Waals surface area contributed by atoms with Gasteiger partial charge in [-0.25, -0.2) is 0 Å². The summed E-state index contributed by atoms with van der Waals surface area (Å²) < 4.78 is 0. The molecule has 82 valence electrons. The maximum absolute atomic E-state index is 10.2. The second-order valence-corrected chi connectivity index (χ2v) is 3.98. The number of aldehydes is 1. The fourth-order valence-electron chi connectivity index (χ4n) is 1.49. The maximum atomic E-state index is 10.2. The Labute approximate surface area is 90.9 Å². The van der Waals surface area contributed by atoms with Crippen LogP contribution in [0.3, 0.4) is 0 Å². The minimum atomic E-state index is -0.328. The van der Waals surface area contributed by atoms with Gasteiger partial charge in [-0.2, -0.15) is 0 Å². The Balaban J connectivity index is 2.67. The van der Waals surface area contributed by atoms with Gasteiger partial charge >= 0.3 is 0 Å². The first-order valence-corrected chi connectivity index (χ1v) is 5.35. The highest BCUT2D eigenvalue weighted by Gasteiger charge is 2.10. The molecule has 2 nitrogen and oxygen atoms in total. The quantitative estimate of drug-likeness (QED) is 0.750. The number of benzene rings is 1. The molecule has 1 aromatic carbocycles. The first-order valence-electron chi connectivity index (χ1n) is 5.35. The molecule has 15 heavy (non-hydrogen) atoms. The molecule has 0 radical (unpaired) electrons. The van der Waals surface area contributed by atoms with Gasteiger partial charge < -0.3 is 9.90 Å². The van der Waals surface area contributed by atoms with E-state index >= 15 is 0 Å². The van der Waals surface area contributed by atoms with Crippen LogP contribution in [0.4, 0.5) is 0 Å². The summed E-state index contributed by atoms with van der Waals surface area (Å²) in [5.74, 6) is 0.158. The molecule has 0 amide bonds. The molecule has 2 unspecified atom stereocenters. The molecule has 1 aromatic rings. The fraction of sp³-hybridized carbons (Fsp3) is 0.462. The summed E-state index contributed by atoms with van der Waals surface area (Å²) in [6.07, 6.45) is 1.98. The Morgan fingerprint density at radius 1 is 1.27 bits per heavy atom. The highest BCUT2D eigenvalue weighted by Crippen LogP contribution is 2.19. The molecule has 0 bridgehead atoms. The van der Waals surface area contributed by atoms with Gasteiger partial charge in [-0.1, -0.05) is 31.2 Å². The minimum Gasteiger partial charge on any atom is -0.393 e. The number of rotatable bonds is 5. The Bertz CT molecular complexity index is 301. The van der Waals surface area contributed by atoms with E-state index in [4.69, 9.17) is 0 Å². The molecule has 0 aliphatic heterocycles. The lowest BCUT2D eigenvalue weighted by molar-refractivity contribution is -0.107. The molecule has 0 saturated heterocycles. The van der Waals surface area contributed by atoms with Gasteiger partial charge in [0, 0.05) is 12.3 Å². The predicted octanol–water partition coefficient (Wildman–Crippen LogP) is 2.30. The van der Waals surface area contributed by atoms with E-state index in [1.54, 1.807) is 6.92 Å². The molecule has 1 N–H and O–H groups in total. The van der Waals surface area contributed by atoms with E-state index in [2.05, 4.69) is 0 Å². The molecule has 0 saturated carbocycles. The van der Waals surface area contributed by atoms with E-state index in [0.717, 1.165) is 18.3 Å². The number of carbonyl (C=O) groups is 1. The van der Waals surface area contributed by atoms with Crippen LogP contribution in [0.2, 0.25) is 0 Å². The van der Waals surface area contributed by atoms with E-state index in [9.17, 15) is 9.90 Å². The third kappa shape index (κ3) is 3.48. The van der Waals surface area contributed by atoms with Gasteiger partial charge in [-0.05, 0) is 24.5 Å². The van der Waals surface area contributed by atoms with Crippen molar-refractivity contribution in [1.29, 1.82) is 0 Å². The third-order valence-electron chi connectivity index (χ3n) is 2.78. The fourth-order valence-corrected chi connectivity index (χ4v) is 1.49. The van der Waals surface area contributed by atoms with E-state index in [0.29, 0.717) is 6.42 Å². The second kappa shape index (κ2) is 5.66. The van der Waals surface area contributed by atoms with Crippen molar-refractivity contribution in [1.82, 2.24) is 0 Å². The van der Waals surface area contributed by atoms with E-state index in [1.165, 1.54) is 5.56 Å². The van der Waals surface area contributed by atoms with Gasteiger partial charge in [0.1, 0.15) is 6.29 Å². The summed E-state index contributed by atoms with van der Waals surface area (Å²) in [5.41, 5.74) is 2.31. The Hall–Kier alpha value is -1.15. The van der Waals surface area contributed by atoms with Gasteiger partial charge in [-0.15, -0.1) is 0 Å². The number of hydrogen-bond donors (Lipinski definition) is 1. The largest absolute Gasteiger partial charge is 0.393 e. The monoisotopic (exact) mass is 206 g/mol. The van der Waals surface area contributed by atoms with Crippen LogP contribution in [0.15, 0.2) is 24.3 Å². The highest BCUT2D eigenvalue weighted by atomic mass is 16.3. The lowest BCUT2D eigenvalue weighted by Crippen LogP contribution is -2.10. The molecular formula is C13H18O2. The zero-order valence-electron chi connectivity index (χ0n) is 9.31. The summed E-state index contributed by atoms with van der Waals surface area (Å²) in [6.45, 7) is 3.80. The lowest BCUT2D eigenvalue weighted by Gasteiger charge is -2.15. The average molecular weight is 206 g/mol. The van der Waals surface area contributed by atoms with Crippen molar-refractivity contribution in [3.8, 4) is 0 Å². The minimum absolute atomic E-state index is 0.158. The number of aliphatic hydroxyl groups is 1. The molecular weight excluding hydrogens is 188 g/mol. The number of carbonyl (C=O) groups excluding carboxylic acids is 1. The van der Waals surface area contributed by atoms with Gasteiger partial charge in [0.2, 0.25) is 0 Å². The maximum Gasteiger partial charge on any atom is 0.120 e. The van der Waals surface area contributed by atoms with E-state index in [1.807, 2.05) is 31.2 Å². The topological polar surface area (TPSA) is 37.3 Å². The molecule has 0 spiro atoms. The molecule has 0 fully saturated rings.